The second-order valence-electron chi connectivity index (χ2n) is 2.42. The highest BCUT2D eigenvalue weighted by Crippen LogP contribution is 2.26. The molecule has 10 heavy (non-hydrogen) atoms. The first-order chi connectivity index (χ1) is 4.83. The van der Waals surface area contributed by atoms with Gasteiger partial charge in [-0.25, -0.2) is 0 Å². The van der Waals surface area contributed by atoms with Crippen LogP contribution in [0.15, 0.2) is 23.4 Å². The van der Waals surface area contributed by atoms with Crippen LogP contribution in [-0.4, -0.2) is 6.10 Å². The normalized spacial score (nSPS) is 24.5. The summed E-state index contributed by atoms with van der Waals surface area (Å²) in [7, 11) is 0. The molecule has 56 valence electrons. The van der Waals surface area contributed by atoms with Gasteiger partial charge in [0.05, 0.1) is 5.76 Å². The van der Waals surface area contributed by atoms with Crippen molar-refractivity contribution in [2.24, 2.45) is 0 Å². The number of rotatable bonds is 3. The molecule has 1 aliphatic rings. The zero-order valence-electron chi connectivity index (χ0n) is 5.85. The molecule has 0 N–H and O–H groups in total. The van der Waals surface area contributed by atoms with Gasteiger partial charge in [-0.3, -0.25) is 0 Å². The van der Waals surface area contributed by atoms with Crippen LogP contribution < -0.4 is 0 Å². The molecule has 1 nitrogen and oxygen atoms in total. The van der Waals surface area contributed by atoms with Gasteiger partial charge in [0.1, 0.15) is 6.10 Å². The van der Waals surface area contributed by atoms with E-state index < -0.39 is 0 Å². The monoisotopic (exact) mass is 202 g/mol. The van der Waals surface area contributed by atoms with Crippen LogP contribution in [0.4, 0.5) is 0 Å². The van der Waals surface area contributed by atoms with Crippen molar-refractivity contribution in [1.82, 2.24) is 0 Å². The zero-order chi connectivity index (χ0) is 7.40. The molecule has 0 aromatic carbocycles. The molecule has 0 saturated carbocycles. The molecule has 0 radical (unpaired) electrons. The molecule has 0 bridgehead atoms. The molecule has 1 saturated heterocycles. The largest absolute Gasteiger partial charge is 0.495 e. The van der Waals surface area contributed by atoms with Crippen molar-refractivity contribution in [3.05, 3.63) is 23.4 Å². The third-order valence-electron chi connectivity index (χ3n) is 1.53. The van der Waals surface area contributed by atoms with Crippen molar-refractivity contribution < 1.29 is 4.74 Å². The van der Waals surface area contributed by atoms with Crippen LogP contribution in [0.25, 0.3) is 0 Å². The third kappa shape index (κ3) is 2.18. The molecular weight excluding hydrogens is 192 g/mol. The Morgan fingerprint density at radius 2 is 2.50 bits per heavy atom. The standard InChI is InChI=1S/C8H11BrO/c1-7-6-8(10-7)4-2-3-5-9/h3,5,8H,1-2,4,6H2/b5-3-. The van der Waals surface area contributed by atoms with Gasteiger partial charge in [-0.15, -0.1) is 0 Å². The van der Waals surface area contributed by atoms with Crippen molar-refractivity contribution in [2.75, 3.05) is 0 Å². The van der Waals surface area contributed by atoms with Crippen molar-refractivity contribution >= 4 is 15.9 Å². The summed E-state index contributed by atoms with van der Waals surface area (Å²) in [5, 5.41) is 0. The highest BCUT2D eigenvalue weighted by atomic mass is 79.9. The molecule has 1 aliphatic heterocycles. The summed E-state index contributed by atoms with van der Waals surface area (Å²) >= 11 is 3.21. The summed E-state index contributed by atoms with van der Waals surface area (Å²) in [4.78, 5) is 1.89. The van der Waals surface area contributed by atoms with Crippen LogP contribution in [0.1, 0.15) is 19.3 Å². The van der Waals surface area contributed by atoms with E-state index in [0.717, 1.165) is 25.0 Å². The SMILES string of the molecule is C=C1CC(CC/C=C\Br)O1. The maximum atomic E-state index is 5.24. The third-order valence-corrected chi connectivity index (χ3v) is 1.91. The Bertz CT molecular complexity index is 143. The minimum absolute atomic E-state index is 0.441. The van der Waals surface area contributed by atoms with E-state index in [1.807, 2.05) is 4.99 Å². The van der Waals surface area contributed by atoms with Crippen LogP contribution in [0.2, 0.25) is 0 Å². The highest BCUT2D eigenvalue weighted by molar-refractivity contribution is 9.11. The molecule has 1 heterocycles. The van der Waals surface area contributed by atoms with Gasteiger partial charge in [0.15, 0.2) is 0 Å². The van der Waals surface area contributed by atoms with Crippen LogP contribution in [-0.2, 0) is 4.74 Å². The number of hydrogen-bond acceptors (Lipinski definition) is 1. The van der Waals surface area contributed by atoms with Crippen LogP contribution >= 0.6 is 15.9 Å². The van der Waals surface area contributed by atoms with Gasteiger partial charge in [-0.2, -0.15) is 0 Å². The minimum atomic E-state index is 0.441. The van der Waals surface area contributed by atoms with Crippen molar-refractivity contribution in [2.45, 2.75) is 25.4 Å². The number of hydrogen-bond donors (Lipinski definition) is 0. The minimum Gasteiger partial charge on any atom is -0.495 e. The zero-order valence-corrected chi connectivity index (χ0v) is 7.43. The molecule has 0 spiro atoms. The molecule has 1 unspecified atom stereocenters. The van der Waals surface area contributed by atoms with E-state index in [0.29, 0.717) is 6.10 Å². The van der Waals surface area contributed by atoms with E-state index in [2.05, 4.69) is 28.6 Å². The van der Waals surface area contributed by atoms with Crippen LogP contribution in [0.5, 0.6) is 0 Å². The van der Waals surface area contributed by atoms with Gasteiger partial charge in [0, 0.05) is 6.42 Å². The molecule has 1 fully saturated rings. The smallest absolute Gasteiger partial charge is 0.105 e. The summed E-state index contributed by atoms with van der Waals surface area (Å²) in [6.45, 7) is 3.69. The lowest BCUT2D eigenvalue weighted by Crippen LogP contribution is -2.23. The molecule has 0 aliphatic carbocycles. The molecule has 1 atom stereocenters. The van der Waals surface area contributed by atoms with E-state index in [1.54, 1.807) is 0 Å². The summed E-state index contributed by atoms with van der Waals surface area (Å²) < 4.78 is 5.24. The molecular formula is C8H11BrO. The fourth-order valence-corrected chi connectivity index (χ4v) is 1.25. The van der Waals surface area contributed by atoms with Crippen molar-refractivity contribution in [3.8, 4) is 0 Å². The van der Waals surface area contributed by atoms with E-state index in [9.17, 15) is 0 Å². The lowest BCUT2D eigenvalue weighted by Gasteiger charge is -2.29. The summed E-state index contributed by atoms with van der Waals surface area (Å²) in [6, 6.07) is 0. The van der Waals surface area contributed by atoms with Crippen molar-refractivity contribution in [3.63, 3.8) is 0 Å². The van der Waals surface area contributed by atoms with E-state index in [-0.39, 0.29) is 0 Å². The maximum absolute atomic E-state index is 5.24. The second-order valence-corrected chi connectivity index (χ2v) is 2.95. The molecule has 0 aromatic heterocycles. The van der Waals surface area contributed by atoms with E-state index in [4.69, 9.17) is 4.74 Å². The Hall–Kier alpha value is -0.240. The number of ether oxygens (including phenoxy) is 1. The first-order valence-electron chi connectivity index (χ1n) is 3.42. The average molecular weight is 203 g/mol. The Kier molecular flexibility index (Phi) is 3.00. The Morgan fingerprint density at radius 3 is 3.00 bits per heavy atom. The van der Waals surface area contributed by atoms with E-state index in [1.165, 1.54) is 0 Å². The second kappa shape index (κ2) is 3.81. The fourth-order valence-electron chi connectivity index (χ4n) is 0.986. The molecule has 0 amide bonds. The quantitative estimate of drug-likeness (QED) is 0.685. The predicted molar refractivity (Wildman–Crippen MR) is 45.9 cm³/mol. The first kappa shape index (κ1) is 7.86. The van der Waals surface area contributed by atoms with Gasteiger partial charge in [-0.05, 0) is 17.8 Å². The topological polar surface area (TPSA) is 9.23 Å². The lowest BCUT2D eigenvalue weighted by atomic mass is 10.1. The Balaban J connectivity index is 2.00. The predicted octanol–water partition coefficient (Wildman–Crippen LogP) is 2.98. The number of allylic oxidation sites excluding steroid dienone is 1. The van der Waals surface area contributed by atoms with E-state index >= 15 is 0 Å². The van der Waals surface area contributed by atoms with Gasteiger partial charge in [-0.1, -0.05) is 28.6 Å². The van der Waals surface area contributed by atoms with Crippen LogP contribution in [0.3, 0.4) is 0 Å². The first-order valence-corrected chi connectivity index (χ1v) is 4.34. The van der Waals surface area contributed by atoms with Crippen LogP contribution in [0, 0.1) is 0 Å². The average Bonchev–Trinajstić information content (AvgIpc) is 1.85. The summed E-state index contributed by atoms with van der Waals surface area (Å²) in [5.74, 6) is 0.938. The summed E-state index contributed by atoms with van der Waals surface area (Å²) in [6.07, 6.45) is 5.78. The van der Waals surface area contributed by atoms with Crippen molar-refractivity contribution in [1.29, 1.82) is 0 Å². The highest BCUT2D eigenvalue weighted by Gasteiger charge is 2.21. The molecule has 2 heteroatoms. The number of halogens is 1. The van der Waals surface area contributed by atoms with Gasteiger partial charge < -0.3 is 4.74 Å². The Morgan fingerprint density at radius 1 is 1.80 bits per heavy atom. The van der Waals surface area contributed by atoms with Gasteiger partial charge >= 0.3 is 0 Å². The lowest BCUT2D eigenvalue weighted by molar-refractivity contribution is 0.0166. The maximum Gasteiger partial charge on any atom is 0.105 e. The van der Waals surface area contributed by atoms with Gasteiger partial charge in [0.2, 0.25) is 0 Å². The fraction of sp³-hybridized carbons (Fsp3) is 0.500. The molecule has 0 aromatic rings. The summed E-state index contributed by atoms with van der Waals surface area (Å²) in [5.41, 5.74) is 0. The molecule has 1 rings (SSSR count). The Labute approximate surface area is 69.9 Å². The van der Waals surface area contributed by atoms with Gasteiger partial charge in [0.25, 0.3) is 0 Å².